The van der Waals surface area contributed by atoms with Crippen molar-refractivity contribution in [2.45, 2.75) is 45.4 Å². The number of hydrogen-bond donors (Lipinski definition) is 1. The number of hydrogen-bond acceptors (Lipinski definition) is 3. The highest BCUT2D eigenvalue weighted by Crippen LogP contribution is 2.47. The predicted octanol–water partition coefficient (Wildman–Crippen LogP) is 3.65. The van der Waals surface area contributed by atoms with Gasteiger partial charge in [-0.1, -0.05) is 20.3 Å². The molecule has 0 radical (unpaired) electrons. The molecule has 1 saturated carbocycles. The predicted molar refractivity (Wildman–Crippen MR) is 96.7 cm³/mol. The molecule has 1 aliphatic carbocycles. The minimum absolute atomic E-state index is 0.0433. The number of carbonyl (C=O) groups excluding carboxylic acids is 1. The summed E-state index contributed by atoms with van der Waals surface area (Å²) in [7, 11) is 0. The van der Waals surface area contributed by atoms with Crippen LogP contribution >= 0.6 is 0 Å². The van der Waals surface area contributed by atoms with Crippen LogP contribution in [0.4, 0.5) is 0 Å². The molecule has 0 bridgehead atoms. The largest absolute Gasteiger partial charge is 0.461 e. The summed E-state index contributed by atoms with van der Waals surface area (Å²) in [6.07, 6.45) is 8.54. The molecule has 2 aliphatic rings. The Bertz CT molecular complexity index is 572. The van der Waals surface area contributed by atoms with Gasteiger partial charge in [0.05, 0.1) is 0 Å². The first kappa shape index (κ1) is 17.3. The van der Waals surface area contributed by atoms with E-state index in [2.05, 4.69) is 24.1 Å². The molecule has 1 aliphatic heterocycles. The van der Waals surface area contributed by atoms with Crippen LogP contribution in [-0.2, 0) is 4.79 Å². The van der Waals surface area contributed by atoms with E-state index in [0.29, 0.717) is 11.8 Å². The maximum atomic E-state index is 12.0. The highest BCUT2D eigenvalue weighted by Gasteiger charge is 2.36. The van der Waals surface area contributed by atoms with Gasteiger partial charge in [0, 0.05) is 25.1 Å². The van der Waals surface area contributed by atoms with Crippen LogP contribution in [0.15, 0.2) is 22.6 Å². The highest BCUT2D eigenvalue weighted by atomic mass is 16.3. The third-order valence-corrected chi connectivity index (χ3v) is 5.16. The number of piperidine rings is 1. The first-order chi connectivity index (χ1) is 11.6. The average molecular weight is 330 g/mol. The molecular weight excluding hydrogens is 300 g/mol. The van der Waals surface area contributed by atoms with Gasteiger partial charge >= 0.3 is 0 Å². The summed E-state index contributed by atoms with van der Waals surface area (Å²) in [5.74, 6) is 3.57. The maximum Gasteiger partial charge on any atom is 0.244 e. The fourth-order valence-corrected chi connectivity index (χ4v) is 3.51. The number of nitrogens with one attached hydrogen (secondary N) is 1. The zero-order valence-corrected chi connectivity index (χ0v) is 15.0. The van der Waals surface area contributed by atoms with Crippen LogP contribution < -0.4 is 5.32 Å². The first-order valence-corrected chi connectivity index (χ1v) is 9.40. The molecule has 24 heavy (non-hydrogen) atoms. The summed E-state index contributed by atoms with van der Waals surface area (Å²) >= 11 is 0. The zero-order valence-electron chi connectivity index (χ0n) is 15.0. The Morgan fingerprint density at radius 2 is 2.12 bits per heavy atom. The number of carbonyl (C=O) groups is 1. The molecule has 1 amide bonds. The van der Waals surface area contributed by atoms with E-state index in [4.69, 9.17) is 4.42 Å². The van der Waals surface area contributed by atoms with Gasteiger partial charge in [0.2, 0.25) is 5.91 Å². The van der Waals surface area contributed by atoms with Gasteiger partial charge in [0.1, 0.15) is 11.5 Å². The van der Waals surface area contributed by atoms with Gasteiger partial charge in [-0.25, -0.2) is 0 Å². The molecule has 2 fully saturated rings. The molecule has 3 rings (SSSR count). The molecule has 4 heteroatoms. The average Bonchev–Trinajstić information content (AvgIpc) is 3.12. The van der Waals surface area contributed by atoms with E-state index >= 15 is 0 Å². The van der Waals surface area contributed by atoms with Gasteiger partial charge in [-0.3, -0.25) is 4.79 Å². The molecule has 132 valence electrons. The smallest absolute Gasteiger partial charge is 0.244 e. The molecule has 2 heterocycles. The summed E-state index contributed by atoms with van der Waals surface area (Å²) in [5.41, 5.74) is 0. The van der Waals surface area contributed by atoms with E-state index in [1.165, 1.54) is 38.8 Å². The standard InChI is InChI=1S/C20H30N2O2/c1-15(14-22-10-4-3-5-11-22)13-21-20(23)9-7-17-6-8-19(24-17)18-12-16(18)2/h6-9,15-16,18H,3-5,10-14H2,1-2H3,(H,21,23)/b9-7+. The third kappa shape index (κ3) is 4.97. The van der Waals surface area contributed by atoms with Crippen molar-refractivity contribution in [2.75, 3.05) is 26.2 Å². The second kappa shape index (κ2) is 8.02. The summed E-state index contributed by atoms with van der Waals surface area (Å²) < 4.78 is 5.78. The summed E-state index contributed by atoms with van der Waals surface area (Å²) in [6.45, 7) is 8.65. The van der Waals surface area contributed by atoms with Crippen molar-refractivity contribution in [1.29, 1.82) is 0 Å². The van der Waals surface area contributed by atoms with E-state index in [0.717, 1.165) is 30.5 Å². The van der Waals surface area contributed by atoms with Gasteiger partial charge in [0.15, 0.2) is 0 Å². The zero-order chi connectivity index (χ0) is 16.9. The molecule has 3 atom stereocenters. The van der Waals surface area contributed by atoms with Crippen LogP contribution in [0.3, 0.4) is 0 Å². The summed E-state index contributed by atoms with van der Waals surface area (Å²) in [4.78, 5) is 14.5. The molecular formula is C20H30N2O2. The Morgan fingerprint density at radius 1 is 1.38 bits per heavy atom. The second-order valence-electron chi connectivity index (χ2n) is 7.60. The lowest BCUT2D eigenvalue weighted by Gasteiger charge is -2.29. The lowest BCUT2D eigenvalue weighted by Crippen LogP contribution is -2.37. The minimum Gasteiger partial charge on any atom is -0.461 e. The van der Waals surface area contributed by atoms with Gasteiger partial charge in [-0.05, 0) is 62.4 Å². The molecule has 1 aromatic heterocycles. The molecule has 1 aromatic rings. The van der Waals surface area contributed by atoms with Gasteiger partial charge in [0.25, 0.3) is 0 Å². The second-order valence-corrected chi connectivity index (χ2v) is 7.60. The molecule has 1 N–H and O–H groups in total. The molecule has 0 spiro atoms. The van der Waals surface area contributed by atoms with Crippen LogP contribution in [0.25, 0.3) is 6.08 Å². The van der Waals surface area contributed by atoms with E-state index < -0.39 is 0 Å². The number of amides is 1. The van der Waals surface area contributed by atoms with Crippen molar-refractivity contribution in [2.24, 2.45) is 11.8 Å². The number of nitrogens with zero attached hydrogens (tertiary/aromatic N) is 1. The SMILES string of the molecule is CC(CNC(=O)/C=C/c1ccc(C2CC2C)o1)CN1CCCCC1. The van der Waals surface area contributed by atoms with Crippen molar-refractivity contribution in [1.82, 2.24) is 10.2 Å². The highest BCUT2D eigenvalue weighted by molar-refractivity contribution is 5.91. The van der Waals surface area contributed by atoms with E-state index in [1.807, 2.05) is 12.1 Å². The van der Waals surface area contributed by atoms with Gasteiger partial charge in [-0.15, -0.1) is 0 Å². The fourth-order valence-electron chi connectivity index (χ4n) is 3.51. The van der Waals surface area contributed by atoms with E-state index in [-0.39, 0.29) is 5.91 Å². The van der Waals surface area contributed by atoms with E-state index in [1.54, 1.807) is 12.2 Å². The molecule has 0 aromatic carbocycles. The maximum absolute atomic E-state index is 12.0. The lowest BCUT2D eigenvalue weighted by atomic mass is 10.1. The summed E-state index contributed by atoms with van der Waals surface area (Å²) in [6, 6.07) is 3.98. The van der Waals surface area contributed by atoms with Crippen molar-refractivity contribution >= 4 is 12.0 Å². The number of likely N-dealkylation sites (tertiary alicyclic amines) is 1. The minimum atomic E-state index is -0.0433. The van der Waals surface area contributed by atoms with Crippen LogP contribution in [-0.4, -0.2) is 37.0 Å². The van der Waals surface area contributed by atoms with Crippen LogP contribution in [0.2, 0.25) is 0 Å². The topological polar surface area (TPSA) is 45.5 Å². The van der Waals surface area contributed by atoms with E-state index in [9.17, 15) is 4.79 Å². The number of rotatable bonds is 7. The summed E-state index contributed by atoms with van der Waals surface area (Å²) in [5, 5.41) is 3.00. The van der Waals surface area contributed by atoms with Crippen molar-refractivity contribution in [3.8, 4) is 0 Å². The normalized spacial score (nSPS) is 25.8. The monoisotopic (exact) mass is 330 g/mol. The van der Waals surface area contributed by atoms with Crippen molar-refractivity contribution in [3.63, 3.8) is 0 Å². The molecule has 4 nitrogen and oxygen atoms in total. The Balaban J connectivity index is 1.37. The lowest BCUT2D eigenvalue weighted by molar-refractivity contribution is -0.116. The van der Waals surface area contributed by atoms with Crippen LogP contribution in [0, 0.1) is 11.8 Å². The Hall–Kier alpha value is -1.55. The first-order valence-electron chi connectivity index (χ1n) is 9.40. The van der Waals surface area contributed by atoms with Gasteiger partial charge < -0.3 is 14.6 Å². The quantitative estimate of drug-likeness (QED) is 0.776. The van der Waals surface area contributed by atoms with Crippen molar-refractivity contribution < 1.29 is 9.21 Å². The van der Waals surface area contributed by atoms with Gasteiger partial charge in [-0.2, -0.15) is 0 Å². The Morgan fingerprint density at radius 3 is 2.83 bits per heavy atom. The Kier molecular flexibility index (Phi) is 5.77. The molecule has 1 saturated heterocycles. The third-order valence-electron chi connectivity index (χ3n) is 5.16. The molecule has 3 unspecified atom stereocenters. The van der Waals surface area contributed by atoms with Crippen LogP contribution in [0.1, 0.15) is 57.0 Å². The van der Waals surface area contributed by atoms with Crippen molar-refractivity contribution in [3.05, 3.63) is 29.7 Å². The fraction of sp³-hybridized carbons (Fsp3) is 0.650. The Labute approximate surface area is 145 Å². The van der Waals surface area contributed by atoms with Crippen LogP contribution in [0.5, 0.6) is 0 Å². The number of furan rings is 1.